The van der Waals surface area contributed by atoms with E-state index in [4.69, 9.17) is 25.4 Å². The number of carbonyl (C=O) groups excluding carboxylic acids is 1. The first-order valence-corrected chi connectivity index (χ1v) is 9.60. The Hall–Kier alpha value is -3.66. The number of hydrogen-bond donors (Lipinski definition) is 1. The number of rotatable bonds is 11. The molecule has 2 aromatic rings. The van der Waals surface area contributed by atoms with E-state index in [0.29, 0.717) is 41.8 Å². The van der Waals surface area contributed by atoms with Crippen molar-refractivity contribution < 1.29 is 23.7 Å². The Morgan fingerprint density at radius 1 is 1.07 bits per heavy atom. The minimum absolute atomic E-state index is 0.148. The lowest BCUT2D eigenvalue weighted by atomic mass is 10.2. The molecule has 0 saturated carbocycles. The first-order valence-electron chi connectivity index (χ1n) is 9.60. The Balaban J connectivity index is 2.06. The summed E-state index contributed by atoms with van der Waals surface area (Å²) in [6, 6.07) is 10.3. The third-order valence-electron chi connectivity index (χ3n) is 3.85. The highest BCUT2D eigenvalue weighted by molar-refractivity contribution is 5.95. The van der Waals surface area contributed by atoms with Gasteiger partial charge in [-0.3, -0.25) is 4.79 Å². The van der Waals surface area contributed by atoms with Crippen LogP contribution in [-0.4, -0.2) is 39.1 Å². The van der Waals surface area contributed by atoms with Crippen LogP contribution in [0.2, 0.25) is 0 Å². The van der Waals surface area contributed by atoms with Crippen molar-refractivity contribution in [3.05, 3.63) is 47.5 Å². The lowest BCUT2D eigenvalue weighted by Crippen LogP contribution is -2.17. The second kappa shape index (κ2) is 12.0. The number of carbonyl (C=O) groups is 1. The van der Waals surface area contributed by atoms with E-state index >= 15 is 0 Å². The van der Waals surface area contributed by atoms with Crippen LogP contribution >= 0.6 is 0 Å². The van der Waals surface area contributed by atoms with Gasteiger partial charge in [0.1, 0.15) is 6.61 Å². The molecule has 1 N–H and O–H groups in total. The van der Waals surface area contributed by atoms with Crippen molar-refractivity contribution in [2.24, 2.45) is 5.10 Å². The molecular weight excluding hydrogens is 384 g/mol. The fourth-order valence-electron chi connectivity index (χ4n) is 2.48. The van der Waals surface area contributed by atoms with Crippen molar-refractivity contribution in [2.75, 3.05) is 26.9 Å². The molecule has 0 saturated heterocycles. The average molecular weight is 410 g/mol. The van der Waals surface area contributed by atoms with Crippen LogP contribution in [0.3, 0.4) is 0 Å². The molecule has 0 radical (unpaired) electrons. The quantitative estimate of drug-likeness (QED) is 0.348. The zero-order chi connectivity index (χ0) is 21.8. The molecule has 2 rings (SSSR count). The zero-order valence-electron chi connectivity index (χ0n) is 17.4. The monoisotopic (exact) mass is 410 g/mol. The highest BCUT2D eigenvalue weighted by Gasteiger charge is 2.11. The lowest BCUT2D eigenvalue weighted by molar-refractivity contribution is 0.0954. The van der Waals surface area contributed by atoms with E-state index in [0.717, 1.165) is 12.0 Å². The summed E-state index contributed by atoms with van der Waals surface area (Å²) < 4.78 is 21.9. The minimum atomic E-state index is -0.370. The molecular formula is C23H26N2O5. The molecule has 0 heterocycles. The Kier molecular flexibility index (Phi) is 9.07. The van der Waals surface area contributed by atoms with Gasteiger partial charge in [-0.25, -0.2) is 5.43 Å². The van der Waals surface area contributed by atoms with Gasteiger partial charge in [0.2, 0.25) is 0 Å². The largest absolute Gasteiger partial charge is 0.493 e. The van der Waals surface area contributed by atoms with Gasteiger partial charge < -0.3 is 18.9 Å². The van der Waals surface area contributed by atoms with Gasteiger partial charge in [0.15, 0.2) is 23.0 Å². The maximum atomic E-state index is 12.4. The maximum Gasteiger partial charge on any atom is 0.271 e. The summed E-state index contributed by atoms with van der Waals surface area (Å²) in [5.41, 5.74) is 3.63. The van der Waals surface area contributed by atoms with Crippen molar-refractivity contribution in [1.29, 1.82) is 0 Å². The summed E-state index contributed by atoms with van der Waals surface area (Å²) in [6.07, 6.45) is 7.62. The molecule has 0 fully saturated rings. The number of terminal acetylenes is 1. The predicted octanol–water partition coefficient (Wildman–Crippen LogP) is 3.66. The van der Waals surface area contributed by atoms with Crippen LogP contribution in [0.5, 0.6) is 23.0 Å². The van der Waals surface area contributed by atoms with E-state index in [1.807, 2.05) is 13.8 Å². The van der Waals surface area contributed by atoms with Crippen LogP contribution in [-0.2, 0) is 0 Å². The molecule has 158 valence electrons. The topological polar surface area (TPSA) is 78.4 Å². The molecule has 0 spiro atoms. The maximum absolute atomic E-state index is 12.4. The summed E-state index contributed by atoms with van der Waals surface area (Å²) >= 11 is 0. The second-order valence-corrected chi connectivity index (χ2v) is 6.05. The van der Waals surface area contributed by atoms with Gasteiger partial charge in [-0.1, -0.05) is 12.8 Å². The summed E-state index contributed by atoms with van der Waals surface area (Å²) in [5, 5.41) is 4.01. The molecule has 30 heavy (non-hydrogen) atoms. The van der Waals surface area contributed by atoms with Gasteiger partial charge in [-0.15, -0.1) is 6.42 Å². The molecule has 0 aromatic heterocycles. The molecule has 7 nitrogen and oxygen atoms in total. The van der Waals surface area contributed by atoms with Crippen LogP contribution < -0.4 is 24.4 Å². The van der Waals surface area contributed by atoms with E-state index in [2.05, 4.69) is 16.4 Å². The summed E-state index contributed by atoms with van der Waals surface area (Å²) in [4.78, 5) is 12.4. The van der Waals surface area contributed by atoms with Crippen LogP contribution in [0.1, 0.15) is 36.2 Å². The van der Waals surface area contributed by atoms with Gasteiger partial charge in [-0.2, -0.15) is 5.10 Å². The van der Waals surface area contributed by atoms with Crippen LogP contribution in [0.25, 0.3) is 0 Å². The fourth-order valence-corrected chi connectivity index (χ4v) is 2.48. The molecule has 0 atom stereocenters. The number of methoxy groups -OCH3 is 1. The molecule has 7 heteroatoms. The van der Waals surface area contributed by atoms with Crippen LogP contribution in [0.4, 0.5) is 0 Å². The number of nitrogens with zero attached hydrogens (tertiary/aromatic N) is 1. The summed E-state index contributed by atoms with van der Waals surface area (Å²) in [5.74, 6) is 4.23. The second-order valence-electron chi connectivity index (χ2n) is 6.05. The van der Waals surface area contributed by atoms with E-state index in [1.165, 1.54) is 13.3 Å². The smallest absolute Gasteiger partial charge is 0.271 e. The van der Waals surface area contributed by atoms with Crippen molar-refractivity contribution >= 4 is 12.1 Å². The van der Waals surface area contributed by atoms with Crippen LogP contribution in [0, 0.1) is 12.3 Å². The number of hydrogen-bond acceptors (Lipinski definition) is 6. The van der Waals surface area contributed by atoms with Crippen molar-refractivity contribution in [2.45, 2.75) is 20.3 Å². The molecule has 2 aromatic carbocycles. The first-order chi connectivity index (χ1) is 14.6. The number of amides is 1. The van der Waals surface area contributed by atoms with Gasteiger partial charge in [0, 0.05) is 5.56 Å². The summed E-state index contributed by atoms with van der Waals surface area (Å²) in [7, 11) is 1.53. The van der Waals surface area contributed by atoms with E-state index < -0.39 is 0 Å². The Bertz CT molecular complexity index is 918. The predicted molar refractivity (Wildman–Crippen MR) is 116 cm³/mol. The molecule has 0 aliphatic rings. The number of nitrogens with one attached hydrogen (secondary N) is 1. The van der Waals surface area contributed by atoms with E-state index in [1.54, 1.807) is 36.4 Å². The normalized spacial score (nSPS) is 10.3. The van der Waals surface area contributed by atoms with Crippen molar-refractivity contribution in [3.63, 3.8) is 0 Å². The SMILES string of the molecule is C#CCOc1ccc(/C=N/NC(=O)c2ccc(OCCC)c(OC)c2)cc1OCC. The lowest BCUT2D eigenvalue weighted by Gasteiger charge is -2.11. The highest BCUT2D eigenvalue weighted by Crippen LogP contribution is 2.29. The number of benzene rings is 2. The average Bonchev–Trinajstić information content (AvgIpc) is 2.77. The van der Waals surface area contributed by atoms with Gasteiger partial charge in [0.25, 0.3) is 5.91 Å². The van der Waals surface area contributed by atoms with Crippen LogP contribution in [0.15, 0.2) is 41.5 Å². The van der Waals surface area contributed by atoms with Gasteiger partial charge >= 0.3 is 0 Å². The van der Waals surface area contributed by atoms with Crippen molar-refractivity contribution in [1.82, 2.24) is 5.43 Å². The Labute approximate surface area is 177 Å². The highest BCUT2D eigenvalue weighted by atomic mass is 16.5. The molecule has 1 amide bonds. The third-order valence-corrected chi connectivity index (χ3v) is 3.85. The summed E-state index contributed by atoms with van der Waals surface area (Å²) in [6.45, 7) is 5.09. The molecule has 0 unspecified atom stereocenters. The van der Waals surface area contributed by atoms with E-state index in [9.17, 15) is 4.79 Å². The fraction of sp³-hybridized carbons (Fsp3) is 0.304. The minimum Gasteiger partial charge on any atom is -0.493 e. The van der Waals surface area contributed by atoms with Gasteiger partial charge in [0.05, 0.1) is 26.5 Å². The first kappa shape index (κ1) is 22.6. The zero-order valence-corrected chi connectivity index (χ0v) is 17.4. The van der Waals surface area contributed by atoms with E-state index in [-0.39, 0.29) is 12.5 Å². The third kappa shape index (κ3) is 6.45. The Morgan fingerprint density at radius 2 is 1.83 bits per heavy atom. The number of ether oxygens (including phenoxy) is 4. The molecule has 0 aliphatic heterocycles. The molecule has 0 bridgehead atoms. The van der Waals surface area contributed by atoms with Crippen molar-refractivity contribution in [3.8, 4) is 35.3 Å². The van der Waals surface area contributed by atoms with Gasteiger partial charge in [-0.05, 0) is 55.3 Å². The Morgan fingerprint density at radius 3 is 2.53 bits per heavy atom. The number of hydrazone groups is 1. The molecule has 0 aliphatic carbocycles. The standard InChI is InChI=1S/C23H26N2O5/c1-5-12-29-19-11-9-18(15-21(19)27-4)23(26)25-24-16-17-8-10-20(30-13-6-2)22(14-17)28-7-3/h2,8-11,14-16H,5,7,12-13H2,1,3-4H3,(H,25,26)/b24-16+.